The van der Waals surface area contributed by atoms with E-state index in [1.54, 1.807) is 0 Å². The van der Waals surface area contributed by atoms with Crippen LogP contribution in [0, 0.1) is 0 Å². The summed E-state index contributed by atoms with van der Waals surface area (Å²) in [4.78, 5) is 14.9. The number of halogens is 1. The summed E-state index contributed by atoms with van der Waals surface area (Å²) >= 11 is 4.86. The molecule has 4 nitrogen and oxygen atoms in total. The first-order valence-corrected chi connectivity index (χ1v) is 8.40. The van der Waals surface area contributed by atoms with Gasteiger partial charge < -0.3 is 0 Å². The van der Waals surface area contributed by atoms with Crippen LogP contribution < -0.4 is 5.56 Å². The van der Waals surface area contributed by atoms with E-state index in [-0.39, 0.29) is 5.56 Å². The fourth-order valence-corrected chi connectivity index (χ4v) is 2.93. The third kappa shape index (κ3) is 3.64. The number of nitrogens with zero attached hydrogens (tertiary/aromatic N) is 2. The Bertz CT molecular complexity index is 819. The summed E-state index contributed by atoms with van der Waals surface area (Å²) in [5.41, 5.74) is 2.04. The third-order valence-electron chi connectivity index (χ3n) is 3.01. The second-order valence-electron chi connectivity index (χ2n) is 4.59. The van der Waals surface area contributed by atoms with Crippen LogP contribution in [-0.2, 0) is 5.75 Å². The van der Waals surface area contributed by atoms with Gasteiger partial charge in [0, 0.05) is 15.8 Å². The van der Waals surface area contributed by atoms with Crippen LogP contribution in [0.2, 0.25) is 0 Å². The quantitative estimate of drug-likeness (QED) is 0.704. The topological polar surface area (TPSA) is 58.6 Å². The fraction of sp³-hybridized carbons (Fsp3) is 0.0625. The second kappa shape index (κ2) is 6.89. The predicted octanol–water partition coefficient (Wildman–Crippen LogP) is 3.89. The molecule has 1 N–H and O–H groups in total. The van der Waals surface area contributed by atoms with Gasteiger partial charge in [0.05, 0.1) is 0 Å². The molecule has 3 aromatic rings. The molecule has 6 heteroatoms. The highest BCUT2D eigenvalue weighted by Gasteiger charge is 2.07. The summed E-state index contributed by atoms with van der Waals surface area (Å²) in [6.07, 6.45) is 0. The van der Waals surface area contributed by atoms with E-state index in [4.69, 9.17) is 0 Å². The van der Waals surface area contributed by atoms with Crippen LogP contribution in [0.1, 0.15) is 5.56 Å². The highest BCUT2D eigenvalue weighted by atomic mass is 79.9. The van der Waals surface area contributed by atoms with Crippen LogP contribution in [0.15, 0.2) is 69.0 Å². The van der Waals surface area contributed by atoms with Crippen LogP contribution in [-0.4, -0.2) is 15.2 Å². The highest BCUT2D eigenvalue weighted by molar-refractivity contribution is 9.10. The van der Waals surface area contributed by atoms with Crippen molar-refractivity contribution in [1.29, 1.82) is 0 Å². The fourth-order valence-electron chi connectivity index (χ4n) is 1.90. The number of nitrogens with one attached hydrogen (secondary N) is 1. The molecule has 0 bridgehead atoms. The number of aromatic nitrogens is 3. The molecule has 0 amide bonds. The number of H-pyrrole nitrogens is 1. The van der Waals surface area contributed by atoms with Gasteiger partial charge in [0.15, 0.2) is 10.9 Å². The van der Waals surface area contributed by atoms with Gasteiger partial charge in [-0.3, -0.25) is 9.78 Å². The molecule has 1 aromatic heterocycles. The molecule has 22 heavy (non-hydrogen) atoms. The van der Waals surface area contributed by atoms with Gasteiger partial charge in [-0.05, 0) is 17.7 Å². The Kier molecular flexibility index (Phi) is 4.70. The average Bonchev–Trinajstić information content (AvgIpc) is 2.55. The summed E-state index contributed by atoms with van der Waals surface area (Å²) < 4.78 is 1.04. The van der Waals surface area contributed by atoms with E-state index in [0.717, 1.165) is 21.4 Å². The molecule has 2 aromatic carbocycles. The van der Waals surface area contributed by atoms with E-state index in [1.807, 2.05) is 54.6 Å². The lowest BCUT2D eigenvalue weighted by Gasteiger charge is -2.03. The van der Waals surface area contributed by atoms with Crippen molar-refractivity contribution in [3.63, 3.8) is 0 Å². The zero-order valence-corrected chi connectivity index (χ0v) is 13.9. The van der Waals surface area contributed by atoms with E-state index >= 15 is 0 Å². The normalized spacial score (nSPS) is 10.6. The van der Waals surface area contributed by atoms with Crippen molar-refractivity contribution in [1.82, 2.24) is 15.2 Å². The molecule has 0 aliphatic heterocycles. The van der Waals surface area contributed by atoms with E-state index in [0.29, 0.717) is 10.9 Å². The molecule has 0 aliphatic rings. The minimum atomic E-state index is -0.223. The molecular formula is C16H12BrN3OS. The van der Waals surface area contributed by atoms with Crippen molar-refractivity contribution < 1.29 is 0 Å². The SMILES string of the molecule is O=c1[nH]c(SCc2ccc(Br)cc2)nnc1-c1ccccc1. The van der Waals surface area contributed by atoms with Crippen molar-refractivity contribution in [2.45, 2.75) is 10.9 Å². The predicted molar refractivity (Wildman–Crippen MR) is 91.8 cm³/mol. The van der Waals surface area contributed by atoms with Crippen molar-refractivity contribution in [2.75, 3.05) is 0 Å². The Balaban J connectivity index is 1.75. The summed E-state index contributed by atoms with van der Waals surface area (Å²) in [5.74, 6) is 0.725. The van der Waals surface area contributed by atoms with E-state index in [1.165, 1.54) is 11.8 Å². The van der Waals surface area contributed by atoms with Gasteiger partial charge >= 0.3 is 0 Å². The monoisotopic (exact) mass is 373 g/mol. The van der Waals surface area contributed by atoms with Crippen molar-refractivity contribution in [3.05, 3.63) is 75.0 Å². The minimum absolute atomic E-state index is 0.223. The van der Waals surface area contributed by atoms with Gasteiger partial charge in [-0.25, -0.2) is 0 Å². The number of rotatable bonds is 4. The molecule has 0 saturated heterocycles. The van der Waals surface area contributed by atoms with Crippen LogP contribution in [0.3, 0.4) is 0 Å². The molecule has 110 valence electrons. The first-order chi connectivity index (χ1) is 10.7. The van der Waals surface area contributed by atoms with E-state index in [2.05, 4.69) is 31.1 Å². The molecule has 3 rings (SSSR count). The van der Waals surface area contributed by atoms with E-state index < -0.39 is 0 Å². The summed E-state index contributed by atoms with van der Waals surface area (Å²) in [7, 11) is 0. The zero-order valence-electron chi connectivity index (χ0n) is 11.5. The zero-order chi connectivity index (χ0) is 15.4. The van der Waals surface area contributed by atoms with Crippen LogP contribution in [0.5, 0.6) is 0 Å². The lowest BCUT2D eigenvalue weighted by Crippen LogP contribution is -2.14. The smallest absolute Gasteiger partial charge is 0.278 e. The molecule has 0 atom stereocenters. The lowest BCUT2D eigenvalue weighted by atomic mass is 10.2. The first-order valence-electron chi connectivity index (χ1n) is 6.62. The molecule has 0 fully saturated rings. The van der Waals surface area contributed by atoms with Crippen LogP contribution in [0.4, 0.5) is 0 Å². The van der Waals surface area contributed by atoms with Gasteiger partial charge in [-0.1, -0.05) is 70.2 Å². The van der Waals surface area contributed by atoms with Gasteiger partial charge in [0.1, 0.15) is 0 Å². The summed E-state index contributed by atoms with van der Waals surface area (Å²) in [6.45, 7) is 0. The summed E-state index contributed by atoms with van der Waals surface area (Å²) in [6, 6.07) is 17.3. The maximum Gasteiger partial charge on any atom is 0.278 e. The van der Waals surface area contributed by atoms with Crippen molar-refractivity contribution in [3.8, 4) is 11.3 Å². The molecular weight excluding hydrogens is 362 g/mol. The molecule has 0 radical (unpaired) electrons. The highest BCUT2D eigenvalue weighted by Crippen LogP contribution is 2.20. The standard InChI is InChI=1S/C16H12BrN3OS/c17-13-8-6-11(7-9-13)10-22-16-18-15(21)14(19-20-16)12-4-2-1-3-5-12/h1-9H,10H2,(H,18,20,21). The third-order valence-corrected chi connectivity index (χ3v) is 4.48. The maximum atomic E-state index is 12.1. The Morgan fingerprint density at radius 3 is 2.41 bits per heavy atom. The van der Waals surface area contributed by atoms with Crippen LogP contribution >= 0.6 is 27.7 Å². The number of aromatic amines is 1. The largest absolute Gasteiger partial charge is 0.298 e. The molecule has 0 saturated carbocycles. The number of hydrogen-bond donors (Lipinski definition) is 1. The first kappa shape index (κ1) is 15.0. The molecule has 0 spiro atoms. The van der Waals surface area contributed by atoms with E-state index in [9.17, 15) is 4.79 Å². The number of benzene rings is 2. The second-order valence-corrected chi connectivity index (χ2v) is 6.47. The van der Waals surface area contributed by atoms with Gasteiger partial charge in [0.25, 0.3) is 5.56 Å². The molecule has 1 heterocycles. The summed E-state index contributed by atoms with van der Waals surface area (Å²) in [5, 5.41) is 8.67. The van der Waals surface area contributed by atoms with Crippen LogP contribution in [0.25, 0.3) is 11.3 Å². The molecule has 0 aliphatic carbocycles. The number of thioether (sulfide) groups is 1. The van der Waals surface area contributed by atoms with Crippen molar-refractivity contribution >= 4 is 27.7 Å². The molecule has 0 unspecified atom stereocenters. The Morgan fingerprint density at radius 1 is 1.00 bits per heavy atom. The Labute approximate surface area is 140 Å². The Hall–Kier alpha value is -1.92. The van der Waals surface area contributed by atoms with Gasteiger partial charge in [-0.15, -0.1) is 10.2 Å². The number of hydrogen-bond acceptors (Lipinski definition) is 4. The van der Waals surface area contributed by atoms with Gasteiger partial charge in [0.2, 0.25) is 0 Å². The lowest BCUT2D eigenvalue weighted by molar-refractivity contribution is 0.824. The average molecular weight is 374 g/mol. The van der Waals surface area contributed by atoms with Crippen molar-refractivity contribution in [2.24, 2.45) is 0 Å². The minimum Gasteiger partial charge on any atom is -0.298 e. The maximum absolute atomic E-state index is 12.1. The van der Waals surface area contributed by atoms with Gasteiger partial charge in [-0.2, -0.15) is 0 Å². The Morgan fingerprint density at radius 2 is 1.73 bits per heavy atom.